The highest BCUT2D eigenvalue weighted by molar-refractivity contribution is 5.76. The van der Waals surface area contributed by atoms with Crippen LogP contribution in [-0.4, -0.2) is 29.9 Å². The van der Waals surface area contributed by atoms with Crippen LogP contribution in [0.1, 0.15) is 40.0 Å². The molecule has 1 unspecified atom stereocenters. The summed E-state index contributed by atoms with van der Waals surface area (Å²) in [6.07, 6.45) is 2.83. The smallest absolute Gasteiger partial charge is 0.222 e. The molecule has 3 heteroatoms. The molecule has 1 saturated heterocycles. The summed E-state index contributed by atoms with van der Waals surface area (Å²) >= 11 is 0. The second-order valence-electron chi connectivity index (χ2n) is 5.18. The lowest BCUT2D eigenvalue weighted by Crippen LogP contribution is -2.42. The van der Waals surface area contributed by atoms with E-state index in [0.717, 1.165) is 25.9 Å². The number of nitrogens with two attached hydrogens (primary N) is 1. The van der Waals surface area contributed by atoms with Gasteiger partial charge in [-0.15, -0.1) is 0 Å². The zero-order valence-corrected chi connectivity index (χ0v) is 10.2. The largest absolute Gasteiger partial charge is 0.343 e. The average molecular weight is 212 g/mol. The van der Waals surface area contributed by atoms with Crippen molar-refractivity contribution in [1.82, 2.24) is 4.90 Å². The molecule has 0 aliphatic carbocycles. The zero-order chi connectivity index (χ0) is 11.4. The molecule has 1 aliphatic rings. The molecular formula is C12H24N2O. The van der Waals surface area contributed by atoms with Gasteiger partial charge in [0.05, 0.1) is 0 Å². The molecule has 1 atom stereocenters. The van der Waals surface area contributed by atoms with Crippen LogP contribution in [0.25, 0.3) is 0 Å². The van der Waals surface area contributed by atoms with Gasteiger partial charge in [0, 0.05) is 25.6 Å². The number of carbonyl (C=O) groups is 1. The van der Waals surface area contributed by atoms with Crippen LogP contribution >= 0.6 is 0 Å². The van der Waals surface area contributed by atoms with Crippen molar-refractivity contribution in [3.63, 3.8) is 0 Å². The molecule has 0 aromatic carbocycles. The van der Waals surface area contributed by atoms with Crippen molar-refractivity contribution < 1.29 is 4.79 Å². The molecule has 1 rings (SSSR count). The third-order valence-corrected chi connectivity index (χ3v) is 3.22. The van der Waals surface area contributed by atoms with E-state index in [1.165, 1.54) is 0 Å². The number of rotatable bonds is 3. The van der Waals surface area contributed by atoms with Gasteiger partial charge < -0.3 is 10.6 Å². The quantitative estimate of drug-likeness (QED) is 0.772. The summed E-state index contributed by atoms with van der Waals surface area (Å²) in [5.41, 5.74) is 5.87. The van der Waals surface area contributed by atoms with Crippen molar-refractivity contribution in [1.29, 1.82) is 0 Å². The molecule has 1 amide bonds. The molecule has 0 spiro atoms. The van der Waals surface area contributed by atoms with Gasteiger partial charge in [0.1, 0.15) is 0 Å². The van der Waals surface area contributed by atoms with Crippen LogP contribution in [0.4, 0.5) is 0 Å². The van der Waals surface area contributed by atoms with Crippen LogP contribution in [0, 0.1) is 11.8 Å². The minimum atomic E-state index is 0.271. The van der Waals surface area contributed by atoms with E-state index in [1.54, 1.807) is 0 Å². The van der Waals surface area contributed by atoms with Crippen molar-refractivity contribution in [2.24, 2.45) is 17.6 Å². The lowest BCUT2D eigenvalue weighted by atomic mass is 9.90. The van der Waals surface area contributed by atoms with Gasteiger partial charge in [-0.05, 0) is 31.6 Å². The highest BCUT2D eigenvalue weighted by Crippen LogP contribution is 2.20. The maximum atomic E-state index is 11.8. The maximum absolute atomic E-state index is 11.8. The molecule has 88 valence electrons. The van der Waals surface area contributed by atoms with E-state index < -0.39 is 0 Å². The van der Waals surface area contributed by atoms with Gasteiger partial charge in [-0.2, -0.15) is 0 Å². The number of piperidine rings is 1. The molecule has 0 aromatic heterocycles. The normalized spacial score (nSPS) is 20.7. The number of hydrogen-bond donors (Lipinski definition) is 1. The van der Waals surface area contributed by atoms with Gasteiger partial charge >= 0.3 is 0 Å². The average Bonchev–Trinajstić information content (AvgIpc) is 2.17. The van der Waals surface area contributed by atoms with Crippen molar-refractivity contribution in [3.8, 4) is 0 Å². The Morgan fingerprint density at radius 3 is 2.27 bits per heavy atom. The predicted octanol–water partition coefficient (Wildman–Crippen LogP) is 1.62. The van der Waals surface area contributed by atoms with E-state index in [2.05, 4.69) is 20.8 Å². The van der Waals surface area contributed by atoms with Crippen molar-refractivity contribution in [2.75, 3.05) is 13.1 Å². The number of nitrogens with zero attached hydrogens (tertiary/aromatic N) is 1. The minimum absolute atomic E-state index is 0.271. The van der Waals surface area contributed by atoms with E-state index in [0.29, 0.717) is 24.2 Å². The number of amides is 1. The third-order valence-electron chi connectivity index (χ3n) is 3.22. The Kier molecular flexibility index (Phi) is 4.58. The molecule has 0 aromatic rings. The molecule has 0 saturated carbocycles. The molecule has 15 heavy (non-hydrogen) atoms. The molecule has 0 radical (unpaired) electrons. The standard InChI is InChI=1S/C12H24N2O/c1-9(2)8-12(15)14-6-4-11(5-7-14)10(3)13/h9-11H,4-8,13H2,1-3H3. The highest BCUT2D eigenvalue weighted by Gasteiger charge is 2.24. The van der Waals surface area contributed by atoms with Crippen molar-refractivity contribution in [2.45, 2.75) is 46.1 Å². The Balaban J connectivity index is 2.34. The van der Waals surface area contributed by atoms with Gasteiger partial charge in [0.2, 0.25) is 5.91 Å². The highest BCUT2D eigenvalue weighted by atomic mass is 16.2. The summed E-state index contributed by atoms with van der Waals surface area (Å²) < 4.78 is 0. The summed E-state index contributed by atoms with van der Waals surface area (Å²) in [6, 6.07) is 0.271. The fourth-order valence-electron chi connectivity index (χ4n) is 2.15. The summed E-state index contributed by atoms with van der Waals surface area (Å²) in [6.45, 7) is 8.05. The summed E-state index contributed by atoms with van der Waals surface area (Å²) in [4.78, 5) is 13.8. The zero-order valence-electron chi connectivity index (χ0n) is 10.2. The first kappa shape index (κ1) is 12.5. The summed E-state index contributed by atoms with van der Waals surface area (Å²) in [5.74, 6) is 1.38. The molecule has 2 N–H and O–H groups in total. The predicted molar refractivity (Wildman–Crippen MR) is 62.4 cm³/mol. The van der Waals surface area contributed by atoms with E-state index >= 15 is 0 Å². The first-order chi connectivity index (χ1) is 7.00. The Hall–Kier alpha value is -0.570. The topological polar surface area (TPSA) is 46.3 Å². The fraction of sp³-hybridized carbons (Fsp3) is 0.917. The Bertz CT molecular complexity index is 206. The van der Waals surface area contributed by atoms with Crippen molar-refractivity contribution >= 4 is 5.91 Å². The SMILES string of the molecule is CC(C)CC(=O)N1CCC(C(C)N)CC1. The second kappa shape index (κ2) is 5.50. The van der Waals surface area contributed by atoms with Gasteiger partial charge in [0.15, 0.2) is 0 Å². The first-order valence-corrected chi connectivity index (χ1v) is 6.04. The first-order valence-electron chi connectivity index (χ1n) is 6.04. The lowest BCUT2D eigenvalue weighted by molar-refractivity contribution is -0.133. The lowest BCUT2D eigenvalue weighted by Gasteiger charge is -2.34. The van der Waals surface area contributed by atoms with Crippen LogP contribution in [0.3, 0.4) is 0 Å². The van der Waals surface area contributed by atoms with E-state index in [4.69, 9.17) is 5.73 Å². The number of likely N-dealkylation sites (tertiary alicyclic amines) is 1. The number of hydrogen-bond acceptors (Lipinski definition) is 2. The van der Waals surface area contributed by atoms with Crippen LogP contribution in [0.5, 0.6) is 0 Å². The fourth-order valence-corrected chi connectivity index (χ4v) is 2.15. The molecule has 1 heterocycles. The van der Waals surface area contributed by atoms with Crippen LogP contribution in [-0.2, 0) is 4.79 Å². The Labute approximate surface area is 93.0 Å². The van der Waals surface area contributed by atoms with E-state index in [9.17, 15) is 4.79 Å². The van der Waals surface area contributed by atoms with Gasteiger partial charge in [-0.1, -0.05) is 13.8 Å². The molecule has 0 bridgehead atoms. The van der Waals surface area contributed by atoms with Crippen LogP contribution in [0.2, 0.25) is 0 Å². The van der Waals surface area contributed by atoms with Gasteiger partial charge in [0.25, 0.3) is 0 Å². The molecular weight excluding hydrogens is 188 g/mol. The second-order valence-corrected chi connectivity index (χ2v) is 5.18. The molecule has 3 nitrogen and oxygen atoms in total. The van der Waals surface area contributed by atoms with E-state index in [-0.39, 0.29) is 6.04 Å². The molecule has 1 fully saturated rings. The van der Waals surface area contributed by atoms with Crippen LogP contribution in [0.15, 0.2) is 0 Å². The monoisotopic (exact) mass is 212 g/mol. The van der Waals surface area contributed by atoms with Crippen LogP contribution < -0.4 is 5.73 Å². The number of carbonyl (C=O) groups excluding carboxylic acids is 1. The maximum Gasteiger partial charge on any atom is 0.222 e. The summed E-state index contributed by atoms with van der Waals surface area (Å²) in [7, 11) is 0. The van der Waals surface area contributed by atoms with Gasteiger partial charge in [-0.3, -0.25) is 4.79 Å². The Morgan fingerprint density at radius 1 is 1.33 bits per heavy atom. The Morgan fingerprint density at radius 2 is 1.87 bits per heavy atom. The van der Waals surface area contributed by atoms with E-state index in [1.807, 2.05) is 4.90 Å². The summed E-state index contributed by atoms with van der Waals surface area (Å²) in [5, 5.41) is 0. The van der Waals surface area contributed by atoms with Gasteiger partial charge in [-0.25, -0.2) is 0 Å². The third kappa shape index (κ3) is 3.82. The van der Waals surface area contributed by atoms with Crippen molar-refractivity contribution in [3.05, 3.63) is 0 Å². The molecule has 1 aliphatic heterocycles. The minimum Gasteiger partial charge on any atom is -0.343 e.